The van der Waals surface area contributed by atoms with Crippen molar-refractivity contribution in [1.29, 1.82) is 0 Å². The van der Waals surface area contributed by atoms with E-state index in [0.717, 1.165) is 5.56 Å². The number of benzene rings is 1. The molecule has 24 heavy (non-hydrogen) atoms. The van der Waals surface area contributed by atoms with Crippen LogP contribution in [0.5, 0.6) is 0 Å². The van der Waals surface area contributed by atoms with Gasteiger partial charge in [-0.05, 0) is 25.3 Å². The molecule has 0 saturated carbocycles. The van der Waals surface area contributed by atoms with Gasteiger partial charge in [0.2, 0.25) is 11.7 Å². The molecular formula is C17H20N2O5. The lowest BCUT2D eigenvalue weighted by Crippen LogP contribution is -2.50. The van der Waals surface area contributed by atoms with Crippen LogP contribution >= 0.6 is 0 Å². The second-order valence-electron chi connectivity index (χ2n) is 5.64. The van der Waals surface area contributed by atoms with Crippen LogP contribution in [0.1, 0.15) is 25.3 Å². The zero-order valence-electron chi connectivity index (χ0n) is 13.4. The van der Waals surface area contributed by atoms with Crippen LogP contribution in [0.3, 0.4) is 0 Å². The van der Waals surface area contributed by atoms with Crippen LogP contribution in [0.25, 0.3) is 0 Å². The Morgan fingerprint density at radius 3 is 2.71 bits per heavy atom. The predicted octanol–water partition coefficient (Wildman–Crippen LogP) is 1.06. The Morgan fingerprint density at radius 2 is 2.04 bits per heavy atom. The van der Waals surface area contributed by atoms with E-state index in [4.69, 9.17) is 4.74 Å². The van der Waals surface area contributed by atoms with E-state index in [1.54, 1.807) is 0 Å². The maximum absolute atomic E-state index is 12.2. The fourth-order valence-electron chi connectivity index (χ4n) is 2.54. The highest BCUT2D eigenvalue weighted by molar-refractivity contribution is 6.27. The SMILES string of the molecule is C[C@H](NC(=O)[C@@H]1CCCN1C(=O)OCc1ccccc1)C(=O)C=O. The molecule has 0 spiro atoms. The van der Waals surface area contributed by atoms with Gasteiger partial charge in [-0.2, -0.15) is 0 Å². The fourth-order valence-corrected chi connectivity index (χ4v) is 2.54. The molecular weight excluding hydrogens is 312 g/mol. The second-order valence-corrected chi connectivity index (χ2v) is 5.64. The zero-order chi connectivity index (χ0) is 17.5. The zero-order valence-corrected chi connectivity index (χ0v) is 13.4. The summed E-state index contributed by atoms with van der Waals surface area (Å²) in [5, 5.41) is 2.46. The van der Waals surface area contributed by atoms with E-state index in [0.29, 0.717) is 19.4 Å². The summed E-state index contributed by atoms with van der Waals surface area (Å²) in [4.78, 5) is 47.5. The molecule has 0 aromatic heterocycles. The van der Waals surface area contributed by atoms with Crippen molar-refractivity contribution in [3.63, 3.8) is 0 Å². The molecule has 2 amide bonds. The van der Waals surface area contributed by atoms with Gasteiger partial charge in [0.15, 0.2) is 6.29 Å². The number of rotatable bonds is 6. The van der Waals surface area contributed by atoms with Gasteiger partial charge in [0.1, 0.15) is 12.6 Å². The Morgan fingerprint density at radius 1 is 1.33 bits per heavy atom. The van der Waals surface area contributed by atoms with E-state index in [9.17, 15) is 19.2 Å². The van der Waals surface area contributed by atoms with Gasteiger partial charge in [0.25, 0.3) is 0 Å². The molecule has 1 aromatic carbocycles. The summed E-state index contributed by atoms with van der Waals surface area (Å²) >= 11 is 0. The van der Waals surface area contributed by atoms with Crippen LogP contribution < -0.4 is 5.32 Å². The Kier molecular flexibility index (Phi) is 6.06. The maximum atomic E-state index is 12.2. The number of aldehydes is 1. The van der Waals surface area contributed by atoms with Crippen LogP contribution in [0.2, 0.25) is 0 Å². The molecule has 1 fully saturated rings. The molecule has 1 aromatic rings. The first-order valence-electron chi connectivity index (χ1n) is 7.79. The van der Waals surface area contributed by atoms with E-state index < -0.39 is 29.9 Å². The highest BCUT2D eigenvalue weighted by atomic mass is 16.6. The molecule has 1 heterocycles. The van der Waals surface area contributed by atoms with Gasteiger partial charge in [0, 0.05) is 6.54 Å². The number of likely N-dealkylation sites (tertiary alicyclic amines) is 1. The Hall–Kier alpha value is -2.70. The van der Waals surface area contributed by atoms with Crippen LogP contribution in [0.15, 0.2) is 30.3 Å². The predicted molar refractivity (Wildman–Crippen MR) is 85.0 cm³/mol. The number of hydrogen-bond donors (Lipinski definition) is 1. The number of ether oxygens (including phenoxy) is 1. The number of ketones is 1. The van der Waals surface area contributed by atoms with Crippen LogP contribution in [0.4, 0.5) is 4.79 Å². The molecule has 7 heteroatoms. The van der Waals surface area contributed by atoms with Crippen LogP contribution in [0, 0.1) is 0 Å². The minimum absolute atomic E-state index is 0.130. The molecule has 1 N–H and O–H groups in total. The molecule has 1 aliphatic rings. The summed E-state index contributed by atoms with van der Waals surface area (Å²) in [6, 6.07) is 7.66. The monoisotopic (exact) mass is 332 g/mol. The standard InChI is InChI=1S/C17H20N2O5/c1-12(15(21)10-20)18-16(22)14-8-5-9-19(14)17(23)24-11-13-6-3-2-4-7-13/h2-4,6-7,10,12,14H,5,8-9,11H2,1H3,(H,18,22)/t12-,14-/m0/s1. The summed E-state index contributed by atoms with van der Waals surface area (Å²) in [5.41, 5.74) is 0.858. The van der Waals surface area contributed by atoms with Gasteiger partial charge >= 0.3 is 6.09 Å². The van der Waals surface area contributed by atoms with E-state index in [1.807, 2.05) is 30.3 Å². The lowest BCUT2D eigenvalue weighted by atomic mass is 10.1. The molecule has 1 aliphatic heterocycles. The van der Waals surface area contributed by atoms with E-state index in [-0.39, 0.29) is 12.9 Å². The summed E-state index contributed by atoms with van der Waals surface area (Å²) in [6.07, 6.45) is 0.778. The number of carbonyl (C=O) groups is 4. The van der Waals surface area contributed by atoms with Gasteiger partial charge in [-0.3, -0.25) is 19.3 Å². The van der Waals surface area contributed by atoms with Crippen molar-refractivity contribution in [2.24, 2.45) is 0 Å². The van der Waals surface area contributed by atoms with E-state index in [2.05, 4.69) is 5.32 Å². The highest BCUT2D eigenvalue weighted by Gasteiger charge is 2.36. The molecule has 0 aliphatic carbocycles. The summed E-state index contributed by atoms with van der Waals surface area (Å²) in [5.74, 6) is -1.16. The average Bonchev–Trinajstić information content (AvgIpc) is 3.09. The van der Waals surface area contributed by atoms with Crippen molar-refractivity contribution in [2.75, 3.05) is 6.54 Å². The number of Topliss-reactive ketones (excluding diaryl/α,β-unsaturated/α-hetero) is 1. The summed E-state index contributed by atoms with van der Waals surface area (Å²) in [7, 11) is 0. The maximum Gasteiger partial charge on any atom is 0.410 e. The third-order valence-electron chi connectivity index (χ3n) is 3.90. The topological polar surface area (TPSA) is 92.8 Å². The fraction of sp³-hybridized carbons (Fsp3) is 0.412. The lowest BCUT2D eigenvalue weighted by Gasteiger charge is -2.24. The third-order valence-corrected chi connectivity index (χ3v) is 3.90. The normalized spacial score (nSPS) is 17.9. The first-order valence-corrected chi connectivity index (χ1v) is 7.79. The van der Waals surface area contributed by atoms with Crippen molar-refractivity contribution in [1.82, 2.24) is 10.2 Å². The second kappa shape index (κ2) is 8.24. The number of nitrogens with one attached hydrogen (secondary N) is 1. The Balaban J connectivity index is 1.91. The summed E-state index contributed by atoms with van der Waals surface area (Å²) in [6.45, 7) is 1.98. The molecule has 0 bridgehead atoms. The van der Waals surface area contributed by atoms with E-state index >= 15 is 0 Å². The quantitative estimate of drug-likeness (QED) is 0.621. The number of amides is 2. The number of hydrogen-bond acceptors (Lipinski definition) is 5. The molecule has 128 valence electrons. The van der Waals surface area contributed by atoms with Crippen molar-refractivity contribution < 1.29 is 23.9 Å². The first-order chi connectivity index (χ1) is 11.5. The number of carbonyl (C=O) groups excluding carboxylic acids is 4. The van der Waals surface area contributed by atoms with Gasteiger partial charge in [-0.15, -0.1) is 0 Å². The lowest BCUT2D eigenvalue weighted by molar-refractivity contribution is -0.133. The van der Waals surface area contributed by atoms with Crippen molar-refractivity contribution >= 4 is 24.1 Å². The molecule has 7 nitrogen and oxygen atoms in total. The van der Waals surface area contributed by atoms with Crippen molar-refractivity contribution in [3.8, 4) is 0 Å². The minimum Gasteiger partial charge on any atom is -0.445 e. The molecule has 2 atom stereocenters. The molecule has 0 unspecified atom stereocenters. The Bertz CT molecular complexity index is 617. The van der Waals surface area contributed by atoms with E-state index in [1.165, 1.54) is 11.8 Å². The minimum atomic E-state index is -0.905. The highest BCUT2D eigenvalue weighted by Crippen LogP contribution is 2.19. The smallest absolute Gasteiger partial charge is 0.410 e. The largest absolute Gasteiger partial charge is 0.445 e. The van der Waals surface area contributed by atoms with Crippen molar-refractivity contribution in [3.05, 3.63) is 35.9 Å². The van der Waals surface area contributed by atoms with Crippen molar-refractivity contribution in [2.45, 2.75) is 38.5 Å². The third kappa shape index (κ3) is 4.41. The van der Waals surface area contributed by atoms with Gasteiger partial charge in [-0.1, -0.05) is 30.3 Å². The average molecular weight is 332 g/mol. The molecule has 1 saturated heterocycles. The van der Waals surface area contributed by atoms with Gasteiger partial charge < -0.3 is 10.1 Å². The van der Waals surface area contributed by atoms with Gasteiger partial charge in [-0.25, -0.2) is 4.79 Å². The number of nitrogens with zero attached hydrogens (tertiary/aromatic N) is 1. The summed E-state index contributed by atoms with van der Waals surface area (Å²) < 4.78 is 5.25. The Labute approximate surface area is 140 Å². The molecule has 0 radical (unpaired) electrons. The molecule has 2 rings (SSSR count). The first kappa shape index (κ1) is 17.7. The van der Waals surface area contributed by atoms with Gasteiger partial charge in [0.05, 0.1) is 6.04 Å². The van der Waals surface area contributed by atoms with Crippen LogP contribution in [-0.4, -0.2) is 47.6 Å². The van der Waals surface area contributed by atoms with Crippen LogP contribution in [-0.2, 0) is 25.7 Å².